The summed E-state index contributed by atoms with van der Waals surface area (Å²) in [6.45, 7) is 0. The molecule has 0 aliphatic carbocycles. The molecule has 0 spiro atoms. The van der Waals surface area contributed by atoms with Crippen molar-refractivity contribution < 1.29 is 21.1 Å². The average Bonchev–Trinajstić information content (AvgIpc) is 0. The summed E-state index contributed by atoms with van der Waals surface area (Å²) in [6.07, 6.45) is 0. The maximum Gasteiger partial charge on any atom is 0 e. The minimum Gasteiger partial charge on any atom is -0.344 e. The second-order valence-electron chi connectivity index (χ2n) is 0. The normalized spacial score (nSPS) is 0. The zero-order valence-electron chi connectivity index (χ0n) is 2.55. The van der Waals surface area contributed by atoms with E-state index in [1.165, 1.54) is 0 Å². The van der Waals surface area contributed by atoms with E-state index in [4.69, 9.17) is 0 Å². The molecule has 0 aromatic heterocycles. The molecular weight excluding hydrogens is 294 g/mol. The molecule has 42 valence electrons. The third-order valence-corrected chi connectivity index (χ3v) is 0. The molecule has 6 N–H and O–H groups in total. The van der Waals surface area contributed by atoms with Crippen molar-refractivity contribution in [1.82, 2.24) is 12.3 Å². The maximum atomic E-state index is 0. The number of rotatable bonds is 0. The van der Waals surface area contributed by atoms with Gasteiger partial charge in [0.15, 0.2) is 0 Å². The molecule has 0 radical (unpaired) electrons. The predicted octanol–water partition coefficient (Wildman–Crippen LogP) is 1.17. The first-order valence-corrected chi connectivity index (χ1v) is 0. The van der Waals surface area contributed by atoms with E-state index < -0.39 is 0 Å². The van der Waals surface area contributed by atoms with Crippen molar-refractivity contribution in [3.63, 3.8) is 0 Å². The van der Waals surface area contributed by atoms with Crippen molar-refractivity contribution in [2.75, 3.05) is 0 Å². The van der Waals surface area contributed by atoms with E-state index in [1.807, 2.05) is 0 Å². The molecule has 0 fully saturated rings. The zero-order valence-corrected chi connectivity index (χ0v) is 6.45. The van der Waals surface area contributed by atoms with E-state index in [-0.39, 0.29) is 58.2 Å². The summed E-state index contributed by atoms with van der Waals surface area (Å²) < 4.78 is 0. The van der Waals surface area contributed by atoms with Crippen molar-refractivity contribution in [2.45, 2.75) is 0 Å². The molecule has 2 nitrogen and oxygen atoms in total. The Morgan fingerprint density at radius 3 is 0.600 bits per heavy atom. The van der Waals surface area contributed by atoms with Crippen molar-refractivity contribution in [1.29, 1.82) is 0 Å². The van der Waals surface area contributed by atoms with Crippen molar-refractivity contribution >= 4 is 24.8 Å². The van der Waals surface area contributed by atoms with Gasteiger partial charge in [0.2, 0.25) is 0 Å². The Kier molecular flexibility index (Phi) is 1520. The van der Waals surface area contributed by atoms with E-state index in [0.717, 1.165) is 0 Å². The summed E-state index contributed by atoms with van der Waals surface area (Å²) in [5, 5.41) is 0. The molecule has 0 atom stereocenters. The monoisotopic (exact) mass is 301 g/mol. The van der Waals surface area contributed by atoms with Crippen molar-refractivity contribution in [3.8, 4) is 0 Å². The topological polar surface area (TPSA) is 70.0 Å². The van der Waals surface area contributed by atoms with Gasteiger partial charge < -0.3 is 12.3 Å². The summed E-state index contributed by atoms with van der Waals surface area (Å²) in [6, 6.07) is 0. The van der Waals surface area contributed by atoms with Crippen LogP contribution in [0.2, 0.25) is 0 Å². The van der Waals surface area contributed by atoms with Gasteiger partial charge in [-0.1, -0.05) is 0 Å². The Morgan fingerprint density at radius 1 is 0.600 bits per heavy atom. The number of hydrogen-bond donors (Lipinski definition) is 2. The van der Waals surface area contributed by atoms with Crippen molar-refractivity contribution in [2.24, 2.45) is 0 Å². The third-order valence-electron chi connectivity index (χ3n) is 0. The van der Waals surface area contributed by atoms with E-state index in [0.29, 0.717) is 0 Å². The van der Waals surface area contributed by atoms with Crippen LogP contribution in [0.4, 0.5) is 0 Å². The molecule has 0 aromatic rings. The quantitative estimate of drug-likeness (QED) is 0.705. The molecule has 0 saturated carbocycles. The van der Waals surface area contributed by atoms with Crippen LogP contribution in [0.25, 0.3) is 0 Å². The van der Waals surface area contributed by atoms with Gasteiger partial charge in [-0.25, -0.2) is 0 Å². The molecule has 5 heavy (non-hydrogen) atoms. The molecule has 0 amide bonds. The van der Waals surface area contributed by atoms with Crippen LogP contribution in [0.3, 0.4) is 0 Å². The fraction of sp³-hybridized carbons (Fsp3) is 0. The molecule has 5 heteroatoms. The number of hydrogen-bond acceptors (Lipinski definition) is 2. The zero-order chi connectivity index (χ0) is 0. The number of halogens is 2. The Balaban J connectivity index is 0. The molecule has 0 rings (SSSR count). The molecule has 0 aliphatic rings. The molecule has 0 saturated heterocycles. The SMILES string of the molecule is Cl.Cl.N.N.[Pt]. The second kappa shape index (κ2) is 64.5. The molecule has 0 aromatic carbocycles. The van der Waals surface area contributed by atoms with Gasteiger partial charge in [-0.15, -0.1) is 24.8 Å². The average molecular weight is 302 g/mol. The molecule has 0 unspecified atom stereocenters. The standard InChI is InChI=1S/2ClH.2H3N.Pt/h2*1H;2*1H3;. The first-order chi connectivity index (χ1) is 0. The summed E-state index contributed by atoms with van der Waals surface area (Å²) in [5.41, 5.74) is 0. The summed E-state index contributed by atoms with van der Waals surface area (Å²) in [4.78, 5) is 0. The third kappa shape index (κ3) is 37.3. The van der Waals surface area contributed by atoms with Gasteiger partial charge in [-0.2, -0.15) is 0 Å². The van der Waals surface area contributed by atoms with E-state index in [9.17, 15) is 0 Å². The van der Waals surface area contributed by atoms with E-state index in [1.54, 1.807) is 0 Å². The predicted molar refractivity (Wildman–Crippen MR) is 24.5 cm³/mol. The van der Waals surface area contributed by atoms with Gasteiger partial charge in [0, 0.05) is 21.1 Å². The Morgan fingerprint density at radius 2 is 0.600 bits per heavy atom. The van der Waals surface area contributed by atoms with Crippen LogP contribution < -0.4 is 12.3 Å². The maximum absolute atomic E-state index is 0. The van der Waals surface area contributed by atoms with Gasteiger partial charge in [0.25, 0.3) is 0 Å². The largest absolute Gasteiger partial charge is 0.344 e. The van der Waals surface area contributed by atoms with Crippen LogP contribution in [-0.4, -0.2) is 0 Å². The Labute approximate surface area is 58.3 Å². The van der Waals surface area contributed by atoms with Gasteiger partial charge >= 0.3 is 0 Å². The second-order valence-corrected chi connectivity index (χ2v) is 0. The first-order valence-electron chi connectivity index (χ1n) is 0. The van der Waals surface area contributed by atoms with Crippen LogP contribution in [0.1, 0.15) is 0 Å². The smallest absolute Gasteiger partial charge is 0 e. The fourth-order valence-electron chi connectivity index (χ4n) is 0. The summed E-state index contributed by atoms with van der Waals surface area (Å²) in [5.74, 6) is 0. The Bertz CT molecular complexity index is 7.61. The molecule has 0 heterocycles. The molecular formula is H8Cl2N2Pt. The minimum absolute atomic E-state index is 0. The molecule has 0 aliphatic heterocycles. The van der Waals surface area contributed by atoms with Crippen LogP contribution in [0.5, 0.6) is 0 Å². The van der Waals surface area contributed by atoms with Crippen LogP contribution in [0.15, 0.2) is 0 Å². The van der Waals surface area contributed by atoms with Crippen LogP contribution in [0, 0.1) is 0 Å². The van der Waals surface area contributed by atoms with Gasteiger partial charge in [-0.05, 0) is 0 Å². The first kappa shape index (κ1) is 118. The Hall–Kier alpha value is 1.19. The van der Waals surface area contributed by atoms with E-state index >= 15 is 0 Å². The minimum atomic E-state index is 0. The van der Waals surface area contributed by atoms with Crippen LogP contribution >= 0.6 is 24.8 Å². The van der Waals surface area contributed by atoms with Crippen LogP contribution in [-0.2, 0) is 21.1 Å². The summed E-state index contributed by atoms with van der Waals surface area (Å²) >= 11 is 0. The molecule has 0 bridgehead atoms. The summed E-state index contributed by atoms with van der Waals surface area (Å²) in [7, 11) is 0. The van der Waals surface area contributed by atoms with Crippen molar-refractivity contribution in [3.05, 3.63) is 0 Å². The van der Waals surface area contributed by atoms with Gasteiger partial charge in [0.1, 0.15) is 0 Å². The van der Waals surface area contributed by atoms with Gasteiger partial charge in [-0.3, -0.25) is 0 Å². The fourth-order valence-corrected chi connectivity index (χ4v) is 0. The van der Waals surface area contributed by atoms with Gasteiger partial charge in [0.05, 0.1) is 0 Å². The van der Waals surface area contributed by atoms with E-state index in [2.05, 4.69) is 0 Å².